The molecule has 2 atom stereocenters. The number of halogens is 1. The Balaban J connectivity index is 1.51. The molecular formula is C22H30ClN5O2S. The number of nitrogens with two attached hydrogens (primary N) is 1. The highest BCUT2D eigenvalue weighted by molar-refractivity contribution is 7.99. The fourth-order valence-corrected chi connectivity index (χ4v) is 6.08. The van der Waals surface area contributed by atoms with E-state index >= 15 is 0 Å². The number of ether oxygens (including phenoxy) is 1. The molecule has 9 heteroatoms. The fourth-order valence-electron chi connectivity index (χ4n) is 4.92. The first-order valence-electron chi connectivity index (χ1n) is 10.9. The van der Waals surface area contributed by atoms with Gasteiger partial charge in [0.1, 0.15) is 5.02 Å². The first-order chi connectivity index (χ1) is 14.9. The molecule has 2 fully saturated rings. The van der Waals surface area contributed by atoms with E-state index in [2.05, 4.69) is 21.8 Å². The molecule has 1 aliphatic heterocycles. The Morgan fingerprint density at radius 2 is 2.03 bits per heavy atom. The summed E-state index contributed by atoms with van der Waals surface area (Å²) in [7, 11) is 1.78. The predicted octanol–water partition coefficient (Wildman–Crippen LogP) is 3.72. The largest absolute Gasteiger partial charge is 0.477 e. The zero-order chi connectivity index (χ0) is 22.2. The van der Waals surface area contributed by atoms with Crippen molar-refractivity contribution < 1.29 is 4.74 Å². The highest BCUT2D eigenvalue weighted by Gasteiger charge is 2.46. The van der Waals surface area contributed by atoms with Gasteiger partial charge < -0.3 is 15.4 Å². The van der Waals surface area contributed by atoms with E-state index in [0.717, 1.165) is 30.8 Å². The monoisotopic (exact) mass is 463 g/mol. The van der Waals surface area contributed by atoms with Gasteiger partial charge in [-0.25, -0.2) is 9.97 Å². The quantitative estimate of drug-likeness (QED) is 0.722. The van der Waals surface area contributed by atoms with Crippen LogP contribution < -0.4 is 20.9 Å². The van der Waals surface area contributed by atoms with Crippen LogP contribution in [0.15, 0.2) is 33.0 Å². The van der Waals surface area contributed by atoms with Crippen molar-refractivity contribution in [3.63, 3.8) is 0 Å². The average molecular weight is 464 g/mol. The Morgan fingerprint density at radius 1 is 1.29 bits per heavy atom. The number of rotatable bonds is 5. The fraction of sp³-hybridized carbons (Fsp3) is 0.591. The summed E-state index contributed by atoms with van der Waals surface area (Å²) < 4.78 is 7.09. The zero-order valence-electron chi connectivity index (χ0n) is 18.3. The van der Waals surface area contributed by atoms with Crippen LogP contribution in [0.5, 0.6) is 5.88 Å². The molecule has 1 saturated carbocycles. The SMILES string of the molecule is CCOc1nccc(Sc2cnc(N3CCC4(CC[C@@H](C)[C@H]4N)CC3)n(C)c2=O)c1Cl. The standard InChI is InChI=1S/C22H30ClN5O2S/c1-4-30-19-17(23)15(6-10-25-19)31-16-13-26-21(27(3)20(16)29)28-11-8-22(9-12-28)7-5-14(2)18(22)24/h6,10,13-14,18H,4-5,7-9,11-12,24H2,1-3H3/t14-,18-/m1/s1. The lowest BCUT2D eigenvalue weighted by molar-refractivity contribution is 0.185. The van der Waals surface area contributed by atoms with Gasteiger partial charge in [-0.2, -0.15) is 0 Å². The lowest BCUT2D eigenvalue weighted by Crippen LogP contribution is -2.49. The van der Waals surface area contributed by atoms with Gasteiger partial charge in [0.15, 0.2) is 0 Å². The van der Waals surface area contributed by atoms with Crippen LogP contribution >= 0.6 is 23.4 Å². The predicted molar refractivity (Wildman–Crippen MR) is 124 cm³/mol. The van der Waals surface area contributed by atoms with Crippen LogP contribution in [0.25, 0.3) is 0 Å². The Labute approximate surface area is 192 Å². The molecule has 2 N–H and O–H groups in total. The minimum atomic E-state index is -0.0904. The van der Waals surface area contributed by atoms with Crippen molar-refractivity contribution in [1.29, 1.82) is 0 Å². The summed E-state index contributed by atoms with van der Waals surface area (Å²) in [5, 5.41) is 0.406. The van der Waals surface area contributed by atoms with Crippen LogP contribution in [-0.4, -0.2) is 40.3 Å². The molecule has 3 heterocycles. The summed E-state index contributed by atoms with van der Waals surface area (Å²) in [5.74, 6) is 1.67. The van der Waals surface area contributed by atoms with Crippen molar-refractivity contribution in [3.05, 3.63) is 33.8 Å². The van der Waals surface area contributed by atoms with E-state index < -0.39 is 0 Å². The second kappa shape index (κ2) is 9.00. The molecule has 0 amide bonds. The van der Waals surface area contributed by atoms with E-state index in [4.69, 9.17) is 22.1 Å². The van der Waals surface area contributed by atoms with Crippen molar-refractivity contribution in [1.82, 2.24) is 14.5 Å². The van der Waals surface area contributed by atoms with Gasteiger partial charge in [-0.3, -0.25) is 9.36 Å². The van der Waals surface area contributed by atoms with Crippen molar-refractivity contribution in [2.24, 2.45) is 24.1 Å². The third kappa shape index (κ3) is 4.17. The second-order valence-electron chi connectivity index (χ2n) is 8.64. The summed E-state index contributed by atoms with van der Waals surface area (Å²) in [6, 6.07) is 2.05. The average Bonchev–Trinajstić information content (AvgIpc) is 3.04. The number of pyridine rings is 1. The Kier molecular flexibility index (Phi) is 6.51. The maximum atomic E-state index is 13.1. The molecule has 2 aliphatic rings. The zero-order valence-corrected chi connectivity index (χ0v) is 19.9. The number of piperidine rings is 1. The molecule has 1 spiro atoms. The normalized spacial score (nSPS) is 22.8. The number of hydrogen-bond donors (Lipinski definition) is 1. The van der Waals surface area contributed by atoms with Crippen LogP contribution in [0.3, 0.4) is 0 Å². The minimum absolute atomic E-state index is 0.0904. The van der Waals surface area contributed by atoms with Gasteiger partial charge in [-0.15, -0.1) is 0 Å². The summed E-state index contributed by atoms with van der Waals surface area (Å²) in [6.07, 6.45) is 7.81. The molecule has 2 aromatic rings. The third-order valence-corrected chi connectivity index (χ3v) is 8.43. The van der Waals surface area contributed by atoms with Gasteiger partial charge in [0.05, 0.1) is 17.7 Å². The highest BCUT2D eigenvalue weighted by atomic mass is 35.5. The van der Waals surface area contributed by atoms with E-state index in [-0.39, 0.29) is 17.0 Å². The van der Waals surface area contributed by atoms with Crippen LogP contribution in [0, 0.1) is 11.3 Å². The van der Waals surface area contributed by atoms with Crippen molar-refractivity contribution in [3.8, 4) is 5.88 Å². The van der Waals surface area contributed by atoms with Crippen molar-refractivity contribution in [2.75, 3.05) is 24.6 Å². The molecule has 168 valence electrons. The van der Waals surface area contributed by atoms with Crippen LogP contribution in [0.2, 0.25) is 5.02 Å². The van der Waals surface area contributed by atoms with Crippen LogP contribution in [-0.2, 0) is 7.05 Å². The van der Waals surface area contributed by atoms with Gasteiger partial charge >= 0.3 is 0 Å². The summed E-state index contributed by atoms with van der Waals surface area (Å²) in [5.41, 5.74) is 6.71. The second-order valence-corrected chi connectivity index (χ2v) is 10.1. The van der Waals surface area contributed by atoms with E-state index in [0.29, 0.717) is 34.3 Å². The maximum absolute atomic E-state index is 13.1. The number of hydrogen-bond acceptors (Lipinski definition) is 7. The summed E-state index contributed by atoms with van der Waals surface area (Å²) >= 11 is 7.69. The molecule has 1 saturated heterocycles. The molecule has 4 rings (SSSR count). The van der Waals surface area contributed by atoms with Gasteiger partial charge in [-0.05, 0) is 50.0 Å². The van der Waals surface area contributed by atoms with E-state index in [1.165, 1.54) is 24.6 Å². The smallest absolute Gasteiger partial charge is 0.268 e. The Morgan fingerprint density at radius 3 is 2.68 bits per heavy atom. The Hall–Kier alpha value is -1.77. The van der Waals surface area contributed by atoms with Crippen LogP contribution in [0.4, 0.5) is 5.95 Å². The summed E-state index contributed by atoms with van der Waals surface area (Å²) in [6.45, 7) is 6.36. The van der Waals surface area contributed by atoms with Crippen molar-refractivity contribution >= 4 is 29.3 Å². The molecule has 2 aromatic heterocycles. The topological polar surface area (TPSA) is 86.3 Å². The van der Waals surface area contributed by atoms with Gasteiger partial charge in [-0.1, -0.05) is 30.3 Å². The maximum Gasteiger partial charge on any atom is 0.268 e. The molecule has 0 bridgehead atoms. The van der Waals surface area contributed by atoms with E-state index in [9.17, 15) is 4.79 Å². The highest BCUT2D eigenvalue weighted by Crippen LogP contribution is 2.48. The molecule has 31 heavy (non-hydrogen) atoms. The number of aromatic nitrogens is 3. The molecule has 0 radical (unpaired) electrons. The van der Waals surface area contributed by atoms with Crippen LogP contribution in [0.1, 0.15) is 39.5 Å². The first kappa shape index (κ1) is 22.4. The van der Waals surface area contributed by atoms with E-state index in [1.54, 1.807) is 30.1 Å². The molecule has 7 nitrogen and oxygen atoms in total. The lowest BCUT2D eigenvalue weighted by atomic mass is 9.73. The van der Waals surface area contributed by atoms with Crippen molar-refractivity contribution in [2.45, 2.75) is 55.4 Å². The number of nitrogens with zero attached hydrogens (tertiary/aromatic N) is 4. The van der Waals surface area contributed by atoms with Gasteiger partial charge in [0.2, 0.25) is 11.8 Å². The molecule has 0 aromatic carbocycles. The number of anilines is 1. The van der Waals surface area contributed by atoms with E-state index in [1.807, 2.05) is 6.92 Å². The van der Waals surface area contributed by atoms with Gasteiger partial charge in [0, 0.05) is 37.3 Å². The first-order valence-corrected chi connectivity index (χ1v) is 12.1. The Bertz CT molecular complexity index is 1010. The lowest BCUT2D eigenvalue weighted by Gasteiger charge is -2.43. The molecular weight excluding hydrogens is 434 g/mol. The minimum Gasteiger partial charge on any atom is -0.477 e. The van der Waals surface area contributed by atoms with Gasteiger partial charge in [0.25, 0.3) is 5.56 Å². The summed E-state index contributed by atoms with van der Waals surface area (Å²) in [4.78, 5) is 25.3. The molecule has 1 aliphatic carbocycles. The third-order valence-electron chi connectivity index (χ3n) is 6.90. The molecule has 0 unspecified atom stereocenters.